The molecule has 0 aliphatic heterocycles. The summed E-state index contributed by atoms with van der Waals surface area (Å²) in [6.07, 6.45) is 0.182. The maximum Gasteiger partial charge on any atom is 0.0693 e. The van der Waals surface area contributed by atoms with Gasteiger partial charge in [0.2, 0.25) is 0 Å². The van der Waals surface area contributed by atoms with Crippen molar-refractivity contribution in [2.75, 3.05) is 7.11 Å². The monoisotopic (exact) mass is 223 g/mol. The van der Waals surface area contributed by atoms with Crippen LogP contribution in [0.3, 0.4) is 0 Å². The van der Waals surface area contributed by atoms with Crippen LogP contribution in [0.15, 0.2) is 24.3 Å². The summed E-state index contributed by atoms with van der Waals surface area (Å²) in [6.45, 7) is 4.98. The molecule has 0 saturated heterocycles. The van der Waals surface area contributed by atoms with Gasteiger partial charge in [-0.1, -0.05) is 24.3 Å². The highest BCUT2D eigenvalue weighted by Crippen LogP contribution is 2.09. The lowest BCUT2D eigenvalue weighted by molar-refractivity contribution is 0.0881. The van der Waals surface area contributed by atoms with Gasteiger partial charge in [-0.2, -0.15) is 0 Å². The van der Waals surface area contributed by atoms with Crippen LogP contribution in [0, 0.1) is 0 Å². The molecule has 2 atom stereocenters. The van der Waals surface area contributed by atoms with Crippen LogP contribution < -0.4 is 5.32 Å². The number of aliphatic hydroxyl groups is 1. The zero-order valence-electron chi connectivity index (χ0n) is 10.2. The molecule has 2 N–H and O–H groups in total. The van der Waals surface area contributed by atoms with Gasteiger partial charge in [0.25, 0.3) is 0 Å². The number of methoxy groups -OCH3 is 1. The van der Waals surface area contributed by atoms with Gasteiger partial charge < -0.3 is 15.2 Å². The van der Waals surface area contributed by atoms with Crippen LogP contribution >= 0.6 is 0 Å². The van der Waals surface area contributed by atoms with Crippen LogP contribution in [0.1, 0.15) is 25.0 Å². The Morgan fingerprint density at radius 1 is 1.25 bits per heavy atom. The summed E-state index contributed by atoms with van der Waals surface area (Å²) in [5.41, 5.74) is 2.12. The summed E-state index contributed by atoms with van der Waals surface area (Å²) < 4.78 is 5.25. The van der Waals surface area contributed by atoms with Gasteiger partial charge in [0.05, 0.1) is 12.7 Å². The third kappa shape index (κ3) is 3.59. The van der Waals surface area contributed by atoms with E-state index in [1.807, 2.05) is 31.2 Å². The molecule has 0 radical (unpaired) electrons. The average molecular weight is 223 g/mol. The van der Waals surface area contributed by atoms with Crippen LogP contribution in [-0.4, -0.2) is 24.4 Å². The lowest BCUT2D eigenvalue weighted by Gasteiger charge is -2.20. The lowest BCUT2D eigenvalue weighted by atomic mass is 10.1. The van der Waals surface area contributed by atoms with E-state index in [-0.39, 0.29) is 18.8 Å². The van der Waals surface area contributed by atoms with Crippen molar-refractivity contribution < 1.29 is 9.84 Å². The summed E-state index contributed by atoms with van der Waals surface area (Å²) in [4.78, 5) is 0. The number of nitrogens with one attached hydrogen (secondary N) is 1. The van der Waals surface area contributed by atoms with E-state index in [1.165, 1.54) is 0 Å². The molecule has 0 bridgehead atoms. The minimum atomic E-state index is 0.0894. The topological polar surface area (TPSA) is 41.5 Å². The first-order valence-electron chi connectivity index (χ1n) is 5.62. The van der Waals surface area contributed by atoms with Crippen molar-refractivity contribution in [3.05, 3.63) is 35.4 Å². The van der Waals surface area contributed by atoms with Gasteiger partial charge in [0.1, 0.15) is 0 Å². The number of hydrogen-bond acceptors (Lipinski definition) is 3. The Labute approximate surface area is 97.4 Å². The van der Waals surface area contributed by atoms with Crippen molar-refractivity contribution in [1.29, 1.82) is 0 Å². The van der Waals surface area contributed by atoms with Crippen molar-refractivity contribution in [2.45, 2.75) is 39.1 Å². The van der Waals surface area contributed by atoms with Gasteiger partial charge in [-0.05, 0) is 25.0 Å². The fraction of sp³-hybridized carbons (Fsp3) is 0.538. The van der Waals surface area contributed by atoms with E-state index in [0.29, 0.717) is 0 Å². The number of ether oxygens (including phenoxy) is 1. The average Bonchev–Trinajstić information content (AvgIpc) is 2.35. The van der Waals surface area contributed by atoms with E-state index in [9.17, 15) is 5.11 Å². The Balaban J connectivity index is 2.54. The molecule has 0 heterocycles. The van der Waals surface area contributed by atoms with Crippen molar-refractivity contribution >= 4 is 0 Å². The van der Waals surface area contributed by atoms with E-state index in [2.05, 4.69) is 12.2 Å². The number of rotatable bonds is 6. The van der Waals surface area contributed by atoms with Gasteiger partial charge in [0, 0.05) is 19.7 Å². The molecule has 0 spiro atoms. The van der Waals surface area contributed by atoms with Gasteiger partial charge >= 0.3 is 0 Å². The molecule has 2 unspecified atom stereocenters. The van der Waals surface area contributed by atoms with E-state index in [4.69, 9.17) is 4.74 Å². The molecule has 3 nitrogen and oxygen atoms in total. The van der Waals surface area contributed by atoms with Crippen LogP contribution in [0.25, 0.3) is 0 Å². The molecular formula is C13H21NO2. The van der Waals surface area contributed by atoms with Gasteiger partial charge in [0.15, 0.2) is 0 Å². The van der Waals surface area contributed by atoms with Crippen LogP contribution in [0.2, 0.25) is 0 Å². The molecule has 0 amide bonds. The molecule has 0 saturated carbocycles. The normalized spacial score (nSPS) is 14.8. The molecule has 0 aliphatic rings. The van der Waals surface area contributed by atoms with E-state index in [1.54, 1.807) is 7.11 Å². The first kappa shape index (κ1) is 13.2. The van der Waals surface area contributed by atoms with Gasteiger partial charge in [-0.3, -0.25) is 0 Å². The summed E-state index contributed by atoms with van der Waals surface area (Å²) in [5.74, 6) is 0. The standard InChI is InChI=1S/C13H21NO2/c1-10(11(2)16-3)14-8-12-6-4-5-7-13(12)9-15/h4-7,10-11,14-15H,8-9H2,1-3H3. The van der Waals surface area contributed by atoms with Gasteiger partial charge in [-0.15, -0.1) is 0 Å². The molecule has 3 heteroatoms. The number of aliphatic hydroxyl groups excluding tert-OH is 1. The second-order valence-corrected chi connectivity index (χ2v) is 4.04. The van der Waals surface area contributed by atoms with E-state index < -0.39 is 0 Å². The molecule has 1 rings (SSSR count). The first-order chi connectivity index (χ1) is 7.69. The third-order valence-electron chi connectivity index (χ3n) is 2.98. The largest absolute Gasteiger partial charge is 0.392 e. The molecule has 1 aromatic rings. The molecule has 0 aromatic heterocycles. The quantitative estimate of drug-likeness (QED) is 0.771. The maximum absolute atomic E-state index is 9.19. The summed E-state index contributed by atoms with van der Waals surface area (Å²) >= 11 is 0. The Kier molecular flexibility index (Phi) is 5.46. The third-order valence-corrected chi connectivity index (χ3v) is 2.98. The zero-order valence-corrected chi connectivity index (χ0v) is 10.2. The number of benzene rings is 1. The zero-order chi connectivity index (χ0) is 12.0. The smallest absolute Gasteiger partial charge is 0.0693 e. The number of hydrogen-bond donors (Lipinski definition) is 2. The lowest BCUT2D eigenvalue weighted by Crippen LogP contribution is -2.36. The highest BCUT2D eigenvalue weighted by Gasteiger charge is 2.10. The second kappa shape index (κ2) is 6.63. The maximum atomic E-state index is 9.19. The Hall–Kier alpha value is -0.900. The van der Waals surface area contributed by atoms with E-state index >= 15 is 0 Å². The molecule has 0 aliphatic carbocycles. The molecular weight excluding hydrogens is 202 g/mol. The van der Waals surface area contributed by atoms with E-state index in [0.717, 1.165) is 17.7 Å². The van der Waals surface area contributed by atoms with Crippen molar-refractivity contribution in [1.82, 2.24) is 5.32 Å². The first-order valence-corrected chi connectivity index (χ1v) is 5.62. The van der Waals surface area contributed by atoms with Crippen LogP contribution in [0.5, 0.6) is 0 Å². The second-order valence-electron chi connectivity index (χ2n) is 4.04. The van der Waals surface area contributed by atoms with Crippen molar-refractivity contribution in [3.63, 3.8) is 0 Å². The van der Waals surface area contributed by atoms with Crippen molar-refractivity contribution in [2.24, 2.45) is 0 Å². The minimum Gasteiger partial charge on any atom is -0.392 e. The SMILES string of the molecule is COC(C)C(C)NCc1ccccc1CO. The Morgan fingerprint density at radius 3 is 2.44 bits per heavy atom. The molecule has 90 valence electrons. The summed E-state index contributed by atoms with van der Waals surface area (Å²) in [5, 5.41) is 12.6. The highest BCUT2D eigenvalue weighted by atomic mass is 16.5. The fourth-order valence-corrected chi connectivity index (χ4v) is 1.53. The minimum absolute atomic E-state index is 0.0894. The van der Waals surface area contributed by atoms with Crippen LogP contribution in [-0.2, 0) is 17.9 Å². The Bertz CT molecular complexity index is 315. The van der Waals surface area contributed by atoms with Gasteiger partial charge in [-0.25, -0.2) is 0 Å². The molecule has 1 aromatic carbocycles. The highest BCUT2D eigenvalue weighted by molar-refractivity contribution is 5.26. The van der Waals surface area contributed by atoms with Crippen LogP contribution in [0.4, 0.5) is 0 Å². The predicted molar refractivity (Wildman–Crippen MR) is 65.1 cm³/mol. The predicted octanol–water partition coefficient (Wildman–Crippen LogP) is 1.69. The summed E-state index contributed by atoms with van der Waals surface area (Å²) in [6, 6.07) is 8.19. The summed E-state index contributed by atoms with van der Waals surface area (Å²) in [7, 11) is 1.71. The Morgan fingerprint density at radius 2 is 1.88 bits per heavy atom. The van der Waals surface area contributed by atoms with Crippen molar-refractivity contribution in [3.8, 4) is 0 Å². The molecule has 0 fully saturated rings. The fourth-order valence-electron chi connectivity index (χ4n) is 1.53. The molecule has 16 heavy (non-hydrogen) atoms.